The van der Waals surface area contributed by atoms with E-state index in [-0.39, 0.29) is 28.9 Å². The molecule has 3 rings (SSSR count). The second kappa shape index (κ2) is 7.25. The van der Waals surface area contributed by atoms with Gasteiger partial charge in [-0.3, -0.25) is 4.79 Å². The molecule has 4 N–H and O–H groups in total. The van der Waals surface area contributed by atoms with Crippen molar-refractivity contribution in [1.82, 2.24) is 4.90 Å². The van der Waals surface area contributed by atoms with E-state index in [1.165, 1.54) is 6.07 Å². The normalized spacial score (nSPS) is 13.2. The Hall–Kier alpha value is -2.73. The molecule has 1 aliphatic heterocycles. The molecule has 0 saturated heterocycles. The van der Waals surface area contributed by atoms with Gasteiger partial charge in [0.05, 0.1) is 5.56 Å². The molecule has 0 aliphatic carbocycles. The van der Waals surface area contributed by atoms with Crippen LogP contribution < -0.4 is 10.5 Å². The monoisotopic (exact) mass is 356 g/mol. The van der Waals surface area contributed by atoms with Gasteiger partial charge in [-0.2, -0.15) is 0 Å². The van der Waals surface area contributed by atoms with Gasteiger partial charge in [-0.15, -0.1) is 0 Å². The lowest BCUT2D eigenvalue weighted by molar-refractivity contribution is 0.0748. The van der Waals surface area contributed by atoms with Crippen molar-refractivity contribution in [2.45, 2.75) is 32.9 Å². The van der Waals surface area contributed by atoms with Gasteiger partial charge in [-0.1, -0.05) is 19.9 Å². The van der Waals surface area contributed by atoms with Gasteiger partial charge in [0.25, 0.3) is 5.91 Å². The minimum absolute atomic E-state index is 0.000419. The lowest BCUT2D eigenvalue weighted by atomic mass is 9.98. The number of hydrogen-bond donors (Lipinski definition) is 3. The number of hydrogen-bond acceptors (Lipinski definition) is 5. The van der Waals surface area contributed by atoms with Crippen molar-refractivity contribution in [3.63, 3.8) is 0 Å². The summed E-state index contributed by atoms with van der Waals surface area (Å²) in [6.45, 7) is 5.67. The molecular weight excluding hydrogens is 332 g/mol. The van der Waals surface area contributed by atoms with Gasteiger partial charge in [0.1, 0.15) is 23.9 Å². The van der Waals surface area contributed by atoms with Gasteiger partial charge in [-0.25, -0.2) is 0 Å². The lowest BCUT2D eigenvalue weighted by Crippen LogP contribution is -2.25. The third-order valence-corrected chi connectivity index (χ3v) is 4.57. The van der Waals surface area contributed by atoms with Crippen LogP contribution in [-0.2, 0) is 13.1 Å². The summed E-state index contributed by atoms with van der Waals surface area (Å²) in [5.74, 6) is 0.309. The molecule has 0 unspecified atom stereocenters. The number of aromatic hydroxyl groups is 2. The fourth-order valence-corrected chi connectivity index (χ4v) is 3.18. The molecule has 1 amide bonds. The standard InChI is InChI=1S/C20H24N2O4/c1-12(2)16-8-17(19(24)9-18(16)23)20(25)22-10-13-3-4-15(26-6-5-21)7-14(13)11-22/h3-4,7-9,12,23-24H,5-6,10-11,21H2,1-2H3. The molecule has 2 aromatic rings. The van der Waals surface area contributed by atoms with Gasteiger partial charge in [0.15, 0.2) is 0 Å². The Bertz CT molecular complexity index is 833. The number of nitrogens with zero attached hydrogens (tertiary/aromatic N) is 1. The van der Waals surface area contributed by atoms with Crippen LogP contribution in [0.15, 0.2) is 30.3 Å². The molecule has 1 heterocycles. The van der Waals surface area contributed by atoms with E-state index < -0.39 is 0 Å². The molecule has 1 aliphatic rings. The first-order valence-electron chi connectivity index (χ1n) is 8.70. The number of phenolic OH excluding ortho intramolecular Hbond substituents is 2. The molecule has 6 nitrogen and oxygen atoms in total. The third-order valence-electron chi connectivity index (χ3n) is 4.57. The molecular formula is C20H24N2O4. The van der Waals surface area contributed by atoms with Gasteiger partial charge in [0.2, 0.25) is 0 Å². The summed E-state index contributed by atoms with van der Waals surface area (Å²) in [4.78, 5) is 14.6. The van der Waals surface area contributed by atoms with Gasteiger partial charge < -0.3 is 25.6 Å². The summed E-state index contributed by atoms with van der Waals surface area (Å²) in [7, 11) is 0. The molecule has 26 heavy (non-hydrogen) atoms. The zero-order valence-electron chi connectivity index (χ0n) is 15.0. The number of carbonyl (C=O) groups excluding carboxylic acids is 1. The van der Waals surface area contributed by atoms with Crippen LogP contribution in [0.2, 0.25) is 0 Å². The predicted molar refractivity (Wildman–Crippen MR) is 98.4 cm³/mol. The third kappa shape index (κ3) is 3.46. The summed E-state index contributed by atoms with van der Waals surface area (Å²) in [5, 5.41) is 20.1. The Morgan fingerprint density at radius 2 is 1.88 bits per heavy atom. The van der Waals surface area contributed by atoms with Crippen LogP contribution in [0.25, 0.3) is 0 Å². The molecule has 138 valence electrons. The van der Waals surface area contributed by atoms with E-state index in [1.54, 1.807) is 11.0 Å². The van der Waals surface area contributed by atoms with Crippen LogP contribution in [0.5, 0.6) is 17.2 Å². The molecule has 0 spiro atoms. The molecule has 0 atom stereocenters. The fraction of sp³-hybridized carbons (Fsp3) is 0.350. The summed E-state index contributed by atoms with van der Waals surface area (Å²) < 4.78 is 5.54. The van der Waals surface area contributed by atoms with E-state index in [0.717, 1.165) is 16.9 Å². The number of benzene rings is 2. The van der Waals surface area contributed by atoms with Crippen LogP contribution in [0.1, 0.15) is 46.8 Å². The number of fused-ring (bicyclic) bond motifs is 1. The van der Waals surface area contributed by atoms with Crippen molar-refractivity contribution in [2.24, 2.45) is 5.73 Å². The minimum atomic E-state index is -0.259. The number of carbonyl (C=O) groups is 1. The van der Waals surface area contributed by atoms with Crippen molar-refractivity contribution >= 4 is 5.91 Å². The maximum Gasteiger partial charge on any atom is 0.258 e. The highest BCUT2D eigenvalue weighted by Crippen LogP contribution is 2.34. The summed E-state index contributed by atoms with van der Waals surface area (Å²) >= 11 is 0. The molecule has 0 bridgehead atoms. The first-order chi connectivity index (χ1) is 12.4. The highest BCUT2D eigenvalue weighted by molar-refractivity contribution is 5.97. The van der Waals surface area contributed by atoms with E-state index >= 15 is 0 Å². The van der Waals surface area contributed by atoms with Crippen LogP contribution in [0.3, 0.4) is 0 Å². The quantitative estimate of drug-likeness (QED) is 0.765. The van der Waals surface area contributed by atoms with Gasteiger partial charge in [-0.05, 0) is 40.8 Å². The number of amides is 1. The molecule has 0 aromatic heterocycles. The van der Waals surface area contributed by atoms with E-state index in [0.29, 0.717) is 31.8 Å². The molecule has 2 aromatic carbocycles. The number of rotatable bonds is 5. The zero-order valence-corrected chi connectivity index (χ0v) is 15.0. The zero-order chi connectivity index (χ0) is 18.8. The fourth-order valence-electron chi connectivity index (χ4n) is 3.18. The lowest BCUT2D eigenvalue weighted by Gasteiger charge is -2.18. The Kier molecular flexibility index (Phi) is 5.04. The van der Waals surface area contributed by atoms with E-state index in [2.05, 4.69) is 0 Å². The van der Waals surface area contributed by atoms with E-state index in [9.17, 15) is 15.0 Å². The molecule has 0 fully saturated rings. The number of nitrogens with two attached hydrogens (primary N) is 1. The predicted octanol–water partition coefficient (Wildman–Crippen LogP) is 2.71. The van der Waals surface area contributed by atoms with Crippen LogP contribution in [0.4, 0.5) is 0 Å². The average Bonchev–Trinajstić information content (AvgIpc) is 3.02. The summed E-state index contributed by atoms with van der Waals surface area (Å²) in [6.07, 6.45) is 0. The largest absolute Gasteiger partial charge is 0.508 e. The van der Waals surface area contributed by atoms with Crippen molar-refractivity contribution < 1.29 is 19.7 Å². The molecule has 6 heteroatoms. The summed E-state index contributed by atoms with van der Waals surface area (Å²) in [6, 6.07) is 8.57. The van der Waals surface area contributed by atoms with Crippen LogP contribution in [0, 0.1) is 0 Å². The maximum atomic E-state index is 12.9. The second-order valence-corrected chi connectivity index (χ2v) is 6.81. The first-order valence-corrected chi connectivity index (χ1v) is 8.70. The summed E-state index contributed by atoms with van der Waals surface area (Å²) in [5.41, 5.74) is 8.38. The van der Waals surface area contributed by atoms with Gasteiger partial charge >= 0.3 is 0 Å². The SMILES string of the molecule is CC(C)c1cc(C(=O)N2Cc3ccc(OCCN)cc3C2)c(O)cc1O. The van der Waals surface area contributed by atoms with Gasteiger partial charge in [0, 0.05) is 25.7 Å². The Balaban J connectivity index is 1.82. The maximum absolute atomic E-state index is 12.9. The average molecular weight is 356 g/mol. The molecule has 0 saturated carbocycles. The smallest absolute Gasteiger partial charge is 0.258 e. The first kappa shape index (κ1) is 18.1. The number of phenols is 2. The Morgan fingerprint density at radius 1 is 1.15 bits per heavy atom. The molecule has 0 radical (unpaired) electrons. The second-order valence-electron chi connectivity index (χ2n) is 6.81. The van der Waals surface area contributed by atoms with E-state index in [4.69, 9.17) is 10.5 Å². The van der Waals surface area contributed by atoms with Crippen LogP contribution >= 0.6 is 0 Å². The minimum Gasteiger partial charge on any atom is -0.508 e. The highest BCUT2D eigenvalue weighted by atomic mass is 16.5. The Morgan fingerprint density at radius 3 is 2.58 bits per heavy atom. The van der Waals surface area contributed by atoms with E-state index in [1.807, 2.05) is 32.0 Å². The highest BCUT2D eigenvalue weighted by Gasteiger charge is 2.27. The van der Waals surface area contributed by atoms with Crippen molar-refractivity contribution in [3.05, 3.63) is 52.6 Å². The Labute approximate surface area is 152 Å². The van der Waals surface area contributed by atoms with Crippen molar-refractivity contribution in [1.29, 1.82) is 0 Å². The van der Waals surface area contributed by atoms with Crippen molar-refractivity contribution in [3.8, 4) is 17.2 Å². The number of ether oxygens (including phenoxy) is 1. The topological polar surface area (TPSA) is 96.0 Å². The van der Waals surface area contributed by atoms with Crippen LogP contribution in [-0.4, -0.2) is 34.2 Å². The van der Waals surface area contributed by atoms with Crippen molar-refractivity contribution in [2.75, 3.05) is 13.2 Å².